The minimum absolute atomic E-state index is 0.0520. The third kappa shape index (κ3) is 3.31. The number of carbonyl (C=O) groups excluding carboxylic acids is 1. The van der Waals surface area contributed by atoms with E-state index in [1.165, 1.54) is 6.08 Å². The highest BCUT2D eigenvalue weighted by atomic mass is 35.5. The van der Waals surface area contributed by atoms with Gasteiger partial charge < -0.3 is 9.47 Å². The van der Waals surface area contributed by atoms with Crippen molar-refractivity contribution in [3.63, 3.8) is 0 Å². The summed E-state index contributed by atoms with van der Waals surface area (Å²) in [5.41, 5.74) is 1.46. The van der Waals surface area contributed by atoms with E-state index >= 15 is 0 Å². The zero-order valence-electron chi connectivity index (χ0n) is 11.9. The summed E-state index contributed by atoms with van der Waals surface area (Å²) in [5.74, 6) is 1.14. The van der Waals surface area contributed by atoms with Crippen LogP contribution < -0.4 is 9.47 Å². The Bertz CT molecular complexity index is 708. The van der Waals surface area contributed by atoms with Crippen molar-refractivity contribution >= 4 is 23.5 Å². The number of halogens is 1. The van der Waals surface area contributed by atoms with E-state index in [0.717, 1.165) is 12.0 Å². The van der Waals surface area contributed by atoms with Crippen molar-refractivity contribution in [1.29, 1.82) is 0 Å². The number of hydrogen-bond acceptors (Lipinski definition) is 3. The van der Waals surface area contributed by atoms with Gasteiger partial charge in [0.1, 0.15) is 0 Å². The normalized spacial score (nSPS) is 13.9. The lowest BCUT2D eigenvalue weighted by molar-refractivity contribution is 0.104. The summed E-state index contributed by atoms with van der Waals surface area (Å²) in [7, 11) is 0. The first-order valence-corrected chi connectivity index (χ1v) is 7.48. The lowest BCUT2D eigenvalue weighted by Crippen LogP contribution is -1.97. The van der Waals surface area contributed by atoms with Crippen LogP contribution in [0.25, 0.3) is 6.08 Å². The average Bonchev–Trinajstić information content (AvgIpc) is 2.79. The Balaban J connectivity index is 1.84. The quantitative estimate of drug-likeness (QED) is 0.622. The first-order valence-electron chi connectivity index (χ1n) is 7.10. The van der Waals surface area contributed by atoms with Crippen LogP contribution in [0.3, 0.4) is 0 Å². The molecule has 1 aliphatic rings. The minimum Gasteiger partial charge on any atom is -0.489 e. The maximum atomic E-state index is 12.1. The Morgan fingerprint density at radius 3 is 2.68 bits per heavy atom. The SMILES string of the molecule is O=C(/C=C/c1cc(Cl)c2c(c1)OCCCO2)c1ccccc1. The molecule has 0 amide bonds. The smallest absolute Gasteiger partial charge is 0.185 e. The van der Waals surface area contributed by atoms with E-state index < -0.39 is 0 Å². The molecule has 0 bridgehead atoms. The van der Waals surface area contributed by atoms with E-state index in [9.17, 15) is 4.79 Å². The molecule has 0 aromatic heterocycles. The molecule has 0 N–H and O–H groups in total. The Kier molecular flexibility index (Phi) is 4.45. The number of fused-ring (bicyclic) bond motifs is 1. The standard InChI is InChI=1S/C18H15ClO3/c19-15-11-13(12-17-18(15)22-10-4-9-21-17)7-8-16(20)14-5-2-1-3-6-14/h1-3,5-8,11-12H,4,9-10H2/b8-7+. The van der Waals surface area contributed by atoms with Crippen LogP contribution in [-0.4, -0.2) is 19.0 Å². The lowest BCUT2D eigenvalue weighted by Gasteiger charge is -2.09. The summed E-state index contributed by atoms with van der Waals surface area (Å²) in [6.07, 6.45) is 4.09. The second-order valence-corrected chi connectivity index (χ2v) is 5.35. The summed E-state index contributed by atoms with van der Waals surface area (Å²) in [5, 5.41) is 0.492. The van der Waals surface area contributed by atoms with Crippen molar-refractivity contribution in [1.82, 2.24) is 0 Å². The van der Waals surface area contributed by atoms with Gasteiger partial charge in [-0.2, -0.15) is 0 Å². The molecular formula is C18H15ClO3. The van der Waals surface area contributed by atoms with Crippen molar-refractivity contribution in [3.8, 4) is 11.5 Å². The van der Waals surface area contributed by atoms with Gasteiger partial charge >= 0.3 is 0 Å². The number of rotatable bonds is 3. The van der Waals surface area contributed by atoms with Gasteiger partial charge in [-0.15, -0.1) is 0 Å². The fourth-order valence-corrected chi connectivity index (χ4v) is 2.49. The summed E-state index contributed by atoms with van der Waals surface area (Å²) < 4.78 is 11.2. The number of ether oxygens (including phenoxy) is 2. The zero-order valence-corrected chi connectivity index (χ0v) is 12.7. The van der Waals surface area contributed by atoms with Crippen molar-refractivity contribution in [2.75, 3.05) is 13.2 Å². The number of carbonyl (C=O) groups is 1. The largest absolute Gasteiger partial charge is 0.489 e. The van der Waals surface area contributed by atoms with Crippen LogP contribution in [0.4, 0.5) is 0 Å². The Morgan fingerprint density at radius 2 is 1.86 bits per heavy atom. The average molecular weight is 315 g/mol. The van der Waals surface area contributed by atoms with Gasteiger partial charge in [-0.25, -0.2) is 0 Å². The second-order valence-electron chi connectivity index (χ2n) is 4.94. The van der Waals surface area contributed by atoms with E-state index in [1.807, 2.05) is 24.3 Å². The number of ketones is 1. The van der Waals surface area contributed by atoms with E-state index in [2.05, 4.69) is 0 Å². The monoisotopic (exact) mass is 314 g/mol. The molecule has 1 aliphatic heterocycles. The van der Waals surface area contributed by atoms with Crippen LogP contribution in [0.15, 0.2) is 48.5 Å². The molecular weight excluding hydrogens is 300 g/mol. The fourth-order valence-electron chi connectivity index (χ4n) is 2.22. The number of benzene rings is 2. The molecule has 2 aromatic rings. The van der Waals surface area contributed by atoms with Gasteiger partial charge in [0.05, 0.1) is 18.2 Å². The molecule has 0 saturated carbocycles. The number of allylic oxidation sites excluding steroid dienone is 1. The van der Waals surface area contributed by atoms with Crippen LogP contribution >= 0.6 is 11.6 Å². The summed E-state index contributed by atoms with van der Waals surface area (Å²) in [6.45, 7) is 1.19. The van der Waals surface area contributed by atoms with E-state index in [1.54, 1.807) is 24.3 Å². The first-order chi connectivity index (χ1) is 10.7. The van der Waals surface area contributed by atoms with Crippen LogP contribution in [0.1, 0.15) is 22.3 Å². The van der Waals surface area contributed by atoms with Crippen molar-refractivity contribution < 1.29 is 14.3 Å². The van der Waals surface area contributed by atoms with Crippen molar-refractivity contribution in [2.24, 2.45) is 0 Å². The molecule has 4 heteroatoms. The van der Waals surface area contributed by atoms with Gasteiger partial charge in [0.15, 0.2) is 17.3 Å². The van der Waals surface area contributed by atoms with Crippen LogP contribution in [-0.2, 0) is 0 Å². The lowest BCUT2D eigenvalue weighted by atomic mass is 10.1. The zero-order chi connectivity index (χ0) is 15.4. The topological polar surface area (TPSA) is 35.5 Å². The second kappa shape index (κ2) is 6.67. The molecule has 0 fully saturated rings. The van der Waals surface area contributed by atoms with E-state index in [4.69, 9.17) is 21.1 Å². The molecule has 0 saturated heterocycles. The molecule has 0 radical (unpaired) electrons. The Morgan fingerprint density at radius 1 is 1.09 bits per heavy atom. The van der Waals surface area contributed by atoms with Gasteiger partial charge in [0.25, 0.3) is 0 Å². The predicted octanol–water partition coefficient (Wildman–Crippen LogP) is 4.40. The molecule has 3 rings (SSSR count). The summed E-state index contributed by atoms with van der Waals surface area (Å²) >= 11 is 6.23. The highest BCUT2D eigenvalue weighted by Crippen LogP contribution is 2.38. The summed E-state index contributed by atoms with van der Waals surface area (Å²) in [4.78, 5) is 12.1. The Hall–Kier alpha value is -2.26. The third-order valence-electron chi connectivity index (χ3n) is 3.31. The maximum Gasteiger partial charge on any atom is 0.185 e. The molecule has 2 aromatic carbocycles. The Labute approximate surface area is 134 Å². The predicted molar refractivity (Wildman–Crippen MR) is 86.9 cm³/mol. The molecule has 112 valence electrons. The van der Waals surface area contributed by atoms with Crippen molar-refractivity contribution in [2.45, 2.75) is 6.42 Å². The van der Waals surface area contributed by atoms with Gasteiger partial charge in [-0.3, -0.25) is 4.79 Å². The molecule has 22 heavy (non-hydrogen) atoms. The molecule has 0 spiro atoms. The maximum absolute atomic E-state index is 12.1. The highest BCUT2D eigenvalue weighted by molar-refractivity contribution is 6.32. The van der Waals surface area contributed by atoms with E-state index in [-0.39, 0.29) is 5.78 Å². The first kappa shape index (κ1) is 14.7. The molecule has 1 heterocycles. The van der Waals surface area contributed by atoms with Crippen molar-refractivity contribution in [3.05, 3.63) is 64.7 Å². The van der Waals surface area contributed by atoms with Crippen LogP contribution in [0.2, 0.25) is 5.02 Å². The van der Waals surface area contributed by atoms with Gasteiger partial charge in [-0.1, -0.05) is 48.0 Å². The van der Waals surface area contributed by atoms with Gasteiger partial charge in [0.2, 0.25) is 0 Å². The summed E-state index contributed by atoms with van der Waals surface area (Å²) in [6, 6.07) is 12.7. The molecule has 0 atom stereocenters. The minimum atomic E-state index is -0.0520. The third-order valence-corrected chi connectivity index (χ3v) is 3.59. The van der Waals surface area contributed by atoms with E-state index in [0.29, 0.717) is 35.3 Å². The highest BCUT2D eigenvalue weighted by Gasteiger charge is 2.14. The fraction of sp³-hybridized carbons (Fsp3) is 0.167. The number of hydrogen-bond donors (Lipinski definition) is 0. The van der Waals surface area contributed by atoms with Gasteiger partial charge in [-0.05, 0) is 23.8 Å². The molecule has 0 aliphatic carbocycles. The van der Waals surface area contributed by atoms with Crippen LogP contribution in [0.5, 0.6) is 11.5 Å². The molecule has 0 unspecified atom stereocenters. The molecule has 3 nitrogen and oxygen atoms in total. The van der Waals surface area contributed by atoms with Crippen LogP contribution in [0, 0.1) is 0 Å². The van der Waals surface area contributed by atoms with Gasteiger partial charge in [0, 0.05) is 12.0 Å².